The van der Waals surface area contributed by atoms with Gasteiger partial charge in [0.05, 0.1) is 6.61 Å². The van der Waals surface area contributed by atoms with E-state index in [2.05, 4.69) is 31.3 Å². The van der Waals surface area contributed by atoms with Crippen molar-refractivity contribution in [3.05, 3.63) is 23.8 Å². The zero-order valence-electron chi connectivity index (χ0n) is 12.5. The van der Waals surface area contributed by atoms with Crippen LogP contribution in [0.4, 0.5) is 0 Å². The number of nitrogens with one attached hydrogen (secondary N) is 1. The molecule has 4 nitrogen and oxygen atoms in total. The van der Waals surface area contributed by atoms with Crippen LogP contribution in [0, 0.1) is 0 Å². The van der Waals surface area contributed by atoms with Crippen molar-refractivity contribution < 1.29 is 14.2 Å². The van der Waals surface area contributed by atoms with Gasteiger partial charge in [-0.3, -0.25) is 0 Å². The van der Waals surface area contributed by atoms with Crippen molar-refractivity contribution in [2.45, 2.75) is 32.7 Å². The van der Waals surface area contributed by atoms with Gasteiger partial charge < -0.3 is 19.5 Å². The largest absolute Gasteiger partial charge is 0.486 e. The molecule has 0 aliphatic carbocycles. The van der Waals surface area contributed by atoms with Crippen LogP contribution in [0.3, 0.4) is 0 Å². The Morgan fingerprint density at radius 1 is 1.20 bits per heavy atom. The Hall–Kier alpha value is -1.26. The van der Waals surface area contributed by atoms with Crippen LogP contribution in [0.5, 0.6) is 11.5 Å². The highest BCUT2D eigenvalue weighted by molar-refractivity contribution is 5.44. The number of hydrogen-bond acceptors (Lipinski definition) is 4. The van der Waals surface area contributed by atoms with Crippen molar-refractivity contribution in [3.63, 3.8) is 0 Å². The number of fused-ring (bicyclic) bond motifs is 1. The molecule has 1 aromatic carbocycles. The molecule has 0 spiro atoms. The molecule has 0 aromatic heterocycles. The average Bonchev–Trinajstić information content (AvgIpc) is 2.50. The zero-order chi connectivity index (χ0) is 14.2. The van der Waals surface area contributed by atoms with Crippen LogP contribution >= 0.6 is 0 Å². The second-order valence-electron chi connectivity index (χ2n) is 5.04. The van der Waals surface area contributed by atoms with Crippen LogP contribution in [0.2, 0.25) is 0 Å². The van der Waals surface area contributed by atoms with Crippen molar-refractivity contribution in [2.75, 3.05) is 33.0 Å². The molecule has 0 fully saturated rings. The van der Waals surface area contributed by atoms with Gasteiger partial charge in [0.2, 0.25) is 0 Å². The first-order valence-electron chi connectivity index (χ1n) is 7.52. The van der Waals surface area contributed by atoms with Crippen molar-refractivity contribution >= 4 is 0 Å². The van der Waals surface area contributed by atoms with Gasteiger partial charge in [-0.05, 0) is 31.0 Å². The van der Waals surface area contributed by atoms with E-state index in [1.807, 2.05) is 6.07 Å². The molecule has 0 saturated carbocycles. The van der Waals surface area contributed by atoms with Crippen molar-refractivity contribution in [2.24, 2.45) is 0 Å². The Kier molecular flexibility index (Phi) is 6.15. The smallest absolute Gasteiger partial charge is 0.161 e. The Morgan fingerprint density at radius 2 is 2.00 bits per heavy atom. The third-order valence-electron chi connectivity index (χ3n) is 3.41. The van der Waals surface area contributed by atoms with Crippen molar-refractivity contribution in [3.8, 4) is 11.5 Å². The highest BCUT2D eigenvalue weighted by atomic mass is 16.6. The maximum Gasteiger partial charge on any atom is 0.161 e. The third-order valence-corrected chi connectivity index (χ3v) is 3.41. The highest BCUT2D eigenvalue weighted by Crippen LogP contribution is 2.32. The molecule has 1 aromatic rings. The van der Waals surface area contributed by atoms with Gasteiger partial charge in [-0.25, -0.2) is 0 Å². The molecule has 1 N–H and O–H groups in total. The van der Waals surface area contributed by atoms with Crippen LogP contribution in [0.1, 0.15) is 38.3 Å². The van der Waals surface area contributed by atoms with Crippen LogP contribution in [-0.4, -0.2) is 33.0 Å². The van der Waals surface area contributed by atoms with E-state index in [9.17, 15) is 0 Å². The summed E-state index contributed by atoms with van der Waals surface area (Å²) in [6, 6.07) is 6.41. The van der Waals surface area contributed by atoms with E-state index < -0.39 is 0 Å². The SMILES string of the molecule is CCCCOCCNC(C)c1ccc2c(c1)OCCO2. The fraction of sp³-hybridized carbons (Fsp3) is 0.625. The Morgan fingerprint density at radius 3 is 2.80 bits per heavy atom. The maximum atomic E-state index is 5.61. The number of unbranched alkanes of at least 4 members (excludes halogenated alkanes) is 1. The second-order valence-corrected chi connectivity index (χ2v) is 5.04. The molecule has 0 saturated heterocycles. The van der Waals surface area contributed by atoms with Crippen LogP contribution < -0.4 is 14.8 Å². The lowest BCUT2D eigenvalue weighted by Crippen LogP contribution is -2.24. The molecular weight excluding hydrogens is 254 g/mol. The maximum absolute atomic E-state index is 5.61. The van der Waals surface area contributed by atoms with Gasteiger partial charge in [0.1, 0.15) is 13.2 Å². The minimum Gasteiger partial charge on any atom is -0.486 e. The van der Waals surface area contributed by atoms with E-state index in [0.29, 0.717) is 13.2 Å². The normalized spacial score (nSPS) is 15.1. The molecule has 4 heteroatoms. The van der Waals surface area contributed by atoms with E-state index in [0.717, 1.165) is 37.7 Å². The summed E-state index contributed by atoms with van der Waals surface area (Å²) in [5.41, 5.74) is 1.21. The van der Waals surface area contributed by atoms with Gasteiger partial charge in [-0.1, -0.05) is 19.4 Å². The topological polar surface area (TPSA) is 39.7 Å². The lowest BCUT2D eigenvalue weighted by molar-refractivity contribution is 0.131. The van der Waals surface area contributed by atoms with Crippen LogP contribution in [0.25, 0.3) is 0 Å². The Labute approximate surface area is 121 Å². The highest BCUT2D eigenvalue weighted by Gasteiger charge is 2.14. The van der Waals surface area contributed by atoms with Crippen molar-refractivity contribution in [1.82, 2.24) is 5.32 Å². The molecule has 0 amide bonds. The van der Waals surface area contributed by atoms with E-state index >= 15 is 0 Å². The molecule has 20 heavy (non-hydrogen) atoms. The summed E-state index contributed by atoms with van der Waals surface area (Å²) in [6.07, 6.45) is 2.32. The molecular formula is C16H25NO3. The first-order valence-corrected chi connectivity index (χ1v) is 7.52. The Bertz CT molecular complexity index is 409. The predicted octanol–water partition coefficient (Wildman–Crippen LogP) is 2.93. The van der Waals surface area contributed by atoms with Gasteiger partial charge in [0.15, 0.2) is 11.5 Å². The molecule has 1 aliphatic heterocycles. The zero-order valence-corrected chi connectivity index (χ0v) is 12.5. The third kappa shape index (κ3) is 4.39. The number of ether oxygens (including phenoxy) is 3. The molecule has 1 heterocycles. The number of rotatable bonds is 8. The van der Waals surface area contributed by atoms with Gasteiger partial charge >= 0.3 is 0 Å². The molecule has 0 radical (unpaired) electrons. The summed E-state index contributed by atoms with van der Waals surface area (Å²) < 4.78 is 16.7. The molecule has 112 valence electrons. The van der Waals surface area contributed by atoms with Crippen LogP contribution in [0.15, 0.2) is 18.2 Å². The lowest BCUT2D eigenvalue weighted by atomic mass is 10.1. The first-order chi connectivity index (χ1) is 9.81. The van der Waals surface area contributed by atoms with Gasteiger partial charge in [0.25, 0.3) is 0 Å². The minimum atomic E-state index is 0.278. The minimum absolute atomic E-state index is 0.278. The predicted molar refractivity (Wildman–Crippen MR) is 79.6 cm³/mol. The number of benzene rings is 1. The summed E-state index contributed by atoms with van der Waals surface area (Å²) in [4.78, 5) is 0. The summed E-state index contributed by atoms with van der Waals surface area (Å²) in [5.74, 6) is 1.69. The lowest BCUT2D eigenvalue weighted by Gasteiger charge is -2.21. The standard InChI is InChI=1S/C16H25NO3/c1-3-4-8-18-9-7-17-13(2)14-5-6-15-16(12-14)20-11-10-19-15/h5-6,12-13,17H,3-4,7-11H2,1-2H3. The van der Waals surface area contributed by atoms with Gasteiger partial charge in [-0.15, -0.1) is 0 Å². The van der Waals surface area contributed by atoms with Gasteiger partial charge in [0, 0.05) is 19.2 Å². The van der Waals surface area contributed by atoms with Gasteiger partial charge in [-0.2, -0.15) is 0 Å². The molecule has 1 aliphatic rings. The molecule has 1 atom stereocenters. The first kappa shape index (κ1) is 15.1. The summed E-state index contributed by atoms with van der Waals surface area (Å²) >= 11 is 0. The fourth-order valence-corrected chi connectivity index (χ4v) is 2.14. The average molecular weight is 279 g/mol. The summed E-state index contributed by atoms with van der Waals surface area (Å²) in [7, 11) is 0. The summed E-state index contributed by atoms with van der Waals surface area (Å²) in [6.45, 7) is 8.06. The van der Waals surface area contributed by atoms with E-state index in [1.54, 1.807) is 0 Å². The summed E-state index contributed by atoms with van der Waals surface area (Å²) in [5, 5.41) is 3.46. The van der Waals surface area contributed by atoms with Crippen molar-refractivity contribution in [1.29, 1.82) is 0 Å². The molecule has 1 unspecified atom stereocenters. The van der Waals surface area contributed by atoms with E-state index in [1.165, 1.54) is 12.0 Å². The fourth-order valence-electron chi connectivity index (χ4n) is 2.14. The Balaban J connectivity index is 1.76. The second kappa shape index (κ2) is 8.12. The quantitative estimate of drug-likeness (QED) is 0.743. The number of hydrogen-bond donors (Lipinski definition) is 1. The van der Waals surface area contributed by atoms with E-state index in [4.69, 9.17) is 14.2 Å². The van der Waals surface area contributed by atoms with E-state index in [-0.39, 0.29) is 6.04 Å². The van der Waals surface area contributed by atoms with Crippen LogP contribution in [-0.2, 0) is 4.74 Å². The molecule has 2 rings (SSSR count). The molecule has 0 bridgehead atoms. The monoisotopic (exact) mass is 279 g/mol.